The number of hydrogen-bond donors (Lipinski definition) is 0. The summed E-state index contributed by atoms with van der Waals surface area (Å²) in [5.41, 5.74) is 3.34. The molecular weight excluding hydrogens is 280 g/mol. The molecule has 0 aliphatic carbocycles. The highest BCUT2D eigenvalue weighted by molar-refractivity contribution is 7.90. The topological polar surface area (TPSA) is 34.1 Å². The summed E-state index contributed by atoms with van der Waals surface area (Å²) < 4.78 is 22.8. The maximum Gasteiger partial charge on any atom is 0.149 e. The average molecular weight is 303 g/mol. The van der Waals surface area contributed by atoms with Crippen LogP contribution in [0, 0.1) is 0 Å². The zero-order chi connectivity index (χ0) is 14.8. The van der Waals surface area contributed by atoms with Crippen molar-refractivity contribution in [3.8, 4) is 0 Å². The van der Waals surface area contributed by atoms with E-state index in [1.807, 2.05) is 12.1 Å². The van der Waals surface area contributed by atoms with Crippen LogP contribution in [0.4, 0.5) is 0 Å². The molecule has 0 radical (unpaired) electrons. The second-order valence-electron chi connectivity index (χ2n) is 5.76. The van der Waals surface area contributed by atoms with Crippen molar-refractivity contribution in [3.63, 3.8) is 0 Å². The molecule has 0 heterocycles. The van der Waals surface area contributed by atoms with Crippen LogP contribution in [-0.4, -0.2) is 20.4 Å². The van der Waals surface area contributed by atoms with Crippen molar-refractivity contribution in [2.24, 2.45) is 0 Å². The van der Waals surface area contributed by atoms with Crippen molar-refractivity contribution in [3.05, 3.63) is 34.9 Å². The predicted molar refractivity (Wildman–Crippen MR) is 82.9 cm³/mol. The van der Waals surface area contributed by atoms with E-state index in [9.17, 15) is 8.42 Å². The van der Waals surface area contributed by atoms with Gasteiger partial charge in [-0.1, -0.05) is 45.9 Å². The van der Waals surface area contributed by atoms with Gasteiger partial charge in [0.2, 0.25) is 0 Å². The maximum atomic E-state index is 11.4. The van der Waals surface area contributed by atoms with E-state index in [-0.39, 0.29) is 5.75 Å². The Morgan fingerprint density at radius 2 is 1.63 bits per heavy atom. The molecule has 0 saturated heterocycles. The minimum atomic E-state index is -3.07. The van der Waals surface area contributed by atoms with Gasteiger partial charge in [-0.25, -0.2) is 8.42 Å². The highest BCUT2D eigenvalue weighted by Gasteiger charge is 2.19. The highest BCUT2D eigenvalue weighted by Crippen LogP contribution is 2.32. The number of benzene rings is 1. The van der Waals surface area contributed by atoms with Crippen LogP contribution in [0.2, 0.25) is 0 Å². The Morgan fingerprint density at radius 1 is 1.05 bits per heavy atom. The summed E-state index contributed by atoms with van der Waals surface area (Å²) >= 11 is 6.29. The van der Waals surface area contributed by atoms with Gasteiger partial charge in [0.1, 0.15) is 9.84 Å². The number of hydrogen-bond acceptors (Lipinski definition) is 2. The van der Waals surface area contributed by atoms with Crippen molar-refractivity contribution >= 4 is 21.4 Å². The third-order valence-corrected chi connectivity index (χ3v) is 4.70. The first-order chi connectivity index (χ1) is 8.61. The first kappa shape index (κ1) is 16.5. The van der Waals surface area contributed by atoms with Gasteiger partial charge in [-0.2, -0.15) is 0 Å². The lowest BCUT2D eigenvalue weighted by Crippen LogP contribution is -2.11. The average Bonchev–Trinajstić information content (AvgIpc) is 2.25. The van der Waals surface area contributed by atoms with Gasteiger partial charge in [-0.15, -0.1) is 11.6 Å². The SMILES string of the molecule is CC(C)c1ccc(C(Cl)CS(C)(=O)=O)c(C(C)C)c1. The van der Waals surface area contributed by atoms with Gasteiger partial charge < -0.3 is 0 Å². The molecule has 1 aromatic rings. The molecule has 1 atom stereocenters. The second-order valence-corrected chi connectivity index (χ2v) is 8.47. The van der Waals surface area contributed by atoms with Crippen molar-refractivity contribution in [2.45, 2.75) is 44.9 Å². The van der Waals surface area contributed by atoms with Gasteiger partial charge in [-0.05, 0) is 28.5 Å². The molecule has 0 saturated carbocycles. The summed E-state index contributed by atoms with van der Waals surface area (Å²) in [7, 11) is -3.07. The Bertz CT molecular complexity index is 533. The summed E-state index contributed by atoms with van der Waals surface area (Å²) in [4.78, 5) is 0. The lowest BCUT2D eigenvalue weighted by molar-refractivity contribution is 0.600. The molecule has 0 amide bonds. The lowest BCUT2D eigenvalue weighted by atomic mass is 9.90. The third kappa shape index (κ3) is 4.81. The quantitative estimate of drug-likeness (QED) is 0.762. The molecule has 1 rings (SSSR count). The van der Waals surface area contributed by atoms with E-state index in [0.29, 0.717) is 11.8 Å². The summed E-state index contributed by atoms with van der Waals surface area (Å²) in [6.07, 6.45) is 1.22. The summed E-state index contributed by atoms with van der Waals surface area (Å²) in [6, 6.07) is 6.18. The van der Waals surface area contributed by atoms with E-state index in [1.54, 1.807) is 0 Å². The van der Waals surface area contributed by atoms with E-state index in [2.05, 4.69) is 33.8 Å². The number of sulfone groups is 1. The van der Waals surface area contributed by atoms with Crippen LogP contribution in [0.15, 0.2) is 18.2 Å². The molecule has 1 aromatic carbocycles. The first-order valence-corrected chi connectivity index (χ1v) is 9.07. The second kappa shape index (κ2) is 6.27. The molecule has 0 N–H and O–H groups in total. The normalized spacial score (nSPS) is 14.1. The zero-order valence-electron chi connectivity index (χ0n) is 12.3. The van der Waals surface area contributed by atoms with Crippen LogP contribution in [-0.2, 0) is 9.84 Å². The molecule has 4 heteroatoms. The fraction of sp³-hybridized carbons (Fsp3) is 0.600. The smallest absolute Gasteiger partial charge is 0.149 e. The van der Waals surface area contributed by atoms with Crippen molar-refractivity contribution < 1.29 is 8.42 Å². The standard InChI is InChI=1S/C15H23ClO2S/c1-10(2)12-6-7-13(14(8-12)11(3)4)15(16)9-19(5,17)18/h6-8,10-11,15H,9H2,1-5H3. The van der Waals surface area contributed by atoms with Crippen LogP contribution >= 0.6 is 11.6 Å². The Hall–Kier alpha value is -0.540. The van der Waals surface area contributed by atoms with Crippen molar-refractivity contribution in [1.29, 1.82) is 0 Å². The molecule has 0 aliphatic heterocycles. The number of rotatable bonds is 5. The van der Waals surface area contributed by atoms with Gasteiger partial charge in [-0.3, -0.25) is 0 Å². The van der Waals surface area contributed by atoms with Crippen LogP contribution in [0.5, 0.6) is 0 Å². The maximum absolute atomic E-state index is 11.4. The van der Waals surface area contributed by atoms with E-state index in [4.69, 9.17) is 11.6 Å². The lowest BCUT2D eigenvalue weighted by Gasteiger charge is -2.19. The molecule has 1 unspecified atom stereocenters. The molecule has 0 fully saturated rings. The van der Waals surface area contributed by atoms with Gasteiger partial charge in [0.05, 0.1) is 11.1 Å². The largest absolute Gasteiger partial charge is 0.229 e. The zero-order valence-corrected chi connectivity index (χ0v) is 13.8. The minimum Gasteiger partial charge on any atom is -0.229 e. The molecule has 0 spiro atoms. The monoisotopic (exact) mass is 302 g/mol. The van der Waals surface area contributed by atoms with Gasteiger partial charge >= 0.3 is 0 Å². The van der Waals surface area contributed by atoms with Crippen LogP contribution in [0.3, 0.4) is 0 Å². The van der Waals surface area contributed by atoms with Crippen LogP contribution in [0.25, 0.3) is 0 Å². The van der Waals surface area contributed by atoms with Crippen LogP contribution < -0.4 is 0 Å². The summed E-state index contributed by atoms with van der Waals surface area (Å²) in [5, 5.41) is -0.478. The van der Waals surface area contributed by atoms with Crippen molar-refractivity contribution in [2.75, 3.05) is 12.0 Å². The molecule has 2 nitrogen and oxygen atoms in total. The van der Waals surface area contributed by atoms with Gasteiger partial charge in [0.15, 0.2) is 0 Å². The Balaban J connectivity index is 3.20. The molecule has 0 aromatic heterocycles. The molecule has 108 valence electrons. The molecule has 0 bridgehead atoms. The fourth-order valence-corrected chi connectivity index (χ4v) is 3.69. The van der Waals surface area contributed by atoms with Gasteiger partial charge in [0.25, 0.3) is 0 Å². The van der Waals surface area contributed by atoms with E-state index in [1.165, 1.54) is 11.8 Å². The number of halogens is 1. The fourth-order valence-electron chi connectivity index (χ4n) is 2.09. The van der Waals surface area contributed by atoms with E-state index in [0.717, 1.165) is 11.1 Å². The van der Waals surface area contributed by atoms with E-state index >= 15 is 0 Å². The Kier molecular flexibility index (Phi) is 5.45. The first-order valence-electron chi connectivity index (χ1n) is 6.57. The number of alkyl halides is 1. The highest BCUT2D eigenvalue weighted by atomic mass is 35.5. The van der Waals surface area contributed by atoms with E-state index < -0.39 is 15.2 Å². The summed E-state index contributed by atoms with van der Waals surface area (Å²) in [6.45, 7) is 8.50. The Labute approximate surface area is 122 Å². The van der Waals surface area contributed by atoms with Crippen LogP contribution in [0.1, 0.15) is 61.6 Å². The predicted octanol–water partition coefficient (Wildman–Crippen LogP) is 4.26. The van der Waals surface area contributed by atoms with Crippen molar-refractivity contribution in [1.82, 2.24) is 0 Å². The molecule has 0 aliphatic rings. The molecular formula is C15H23ClO2S. The van der Waals surface area contributed by atoms with Gasteiger partial charge in [0, 0.05) is 6.26 Å². The summed E-state index contributed by atoms with van der Waals surface area (Å²) in [5.74, 6) is 0.764. The third-order valence-electron chi connectivity index (χ3n) is 3.19. The Morgan fingerprint density at radius 3 is 2.05 bits per heavy atom. The molecule has 19 heavy (non-hydrogen) atoms. The minimum absolute atomic E-state index is 0.0186.